The molecule has 0 spiro atoms. The van der Waals surface area contributed by atoms with Crippen LogP contribution in [0.5, 0.6) is 5.75 Å². The normalized spacial score (nSPS) is 15.8. The average molecular weight is 385 g/mol. The SMILES string of the molecule is COc1ccc(N2CCCS2(=O)=O)cc1NC(=O)C(=O)NCC[NH+](C)C. The second-order valence-electron chi connectivity index (χ2n) is 6.29. The predicted molar refractivity (Wildman–Crippen MR) is 98.1 cm³/mol. The maximum atomic E-state index is 12.1. The molecule has 0 unspecified atom stereocenters. The number of anilines is 2. The van der Waals surface area contributed by atoms with Crippen molar-refractivity contribution >= 4 is 33.2 Å². The van der Waals surface area contributed by atoms with E-state index in [1.165, 1.54) is 17.5 Å². The van der Waals surface area contributed by atoms with Crippen molar-refractivity contribution in [2.24, 2.45) is 0 Å². The summed E-state index contributed by atoms with van der Waals surface area (Å²) in [7, 11) is 1.96. The molecule has 3 N–H and O–H groups in total. The lowest BCUT2D eigenvalue weighted by Crippen LogP contribution is -3.06. The second-order valence-corrected chi connectivity index (χ2v) is 8.31. The number of rotatable bonds is 6. The van der Waals surface area contributed by atoms with Crippen molar-refractivity contribution < 1.29 is 27.6 Å². The number of benzene rings is 1. The number of nitrogens with one attached hydrogen (secondary N) is 3. The summed E-state index contributed by atoms with van der Waals surface area (Å²) in [6.07, 6.45) is 0.548. The van der Waals surface area contributed by atoms with Gasteiger partial charge < -0.3 is 20.3 Å². The number of amides is 2. The van der Waals surface area contributed by atoms with Crippen molar-refractivity contribution in [3.05, 3.63) is 18.2 Å². The summed E-state index contributed by atoms with van der Waals surface area (Å²) in [5.41, 5.74) is 0.667. The molecule has 10 heteroatoms. The Hall–Kier alpha value is -2.33. The van der Waals surface area contributed by atoms with Gasteiger partial charge in [-0.05, 0) is 24.6 Å². The van der Waals surface area contributed by atoms with Gasteiger partial charge in [0.05, 0.1) is 51.4 Å². The number of quaternary nitrogens is 1. The minimum atomic E-state index is -3.34. The van der Waals surface area contributed by atoms with Gasteiger partial charge in [-0.1, -0.05) is 0 Å². The molecule has 26 heavy (non-hydrogen) atoms. The third kappa shape index (κ3) is 4.85. The molecule has 0 saturated carbocycles. The van der Waals surface area contributed by atoms with Crippen LogP contribution in [0, 0.1) is 0 Å². The van der Waals surface area contributed by atoms with E-state index in [9.17, 15) is 18.0 Å². The number of sulfonamides is 1. The van der Waals surface area contributed by atoms with Gasteiger partial charge in [0.1, 0.15) is 5.75 Å². The molecule has 1 fully saturated rings. The topological polar surface area (TPSA) is 109 Å². The first-order chi connectivity index (χ1) is 12.2. The van der Waals surface area contributed by atoms with E-state index < -0.39 is 21.8 Å². The van der Waals surface area contributed by atoms with Crippen molar-refractivity contribution in [1.29, 1.82) is 0 Å². The van der Waals surface area contributed by atoms with Gasteiger partial charge in [0.25, 0.3) is 0 Å². The van der Waals surface area contributed by atoms with Gasteiger partial charge >= 0.3 is 11.8 Å². The Labute approximate surface area is 153 Å². The fourth-order valence-electron chi connectivity index (χ4n) is 2.56. The number of methoxy groups -OCH3 is 1. The van der Waals surface area contributed by atoms with Crippen molar-refractivity contribution in [2.45, 2.75) is 6.42 Å². The van der Waals surface area contributed by atoms with Crippen molar-refractivity contribution in [2.75, 3.05) is 56.2 Å². The molecular weight excluding hydrogens is 360 g/mol. The van der Waals surface area contributed by atoms with Gasteiger partial charge in [-0.15, -0.1) is 0 Å². The summed E-state index contributed by atoms with van der Waals surface area (Å²) in [6, 6.07) is 4.67. The van der Waals surface area contributed by atoms with Gasteiger partial charge in [-0.25, -0.2) is 8.42 Å². The summed E-state index contributed by atoms with van der Waals surface area (Å²) >= 11 is 0. The maximum Gasteiger partial charge on any atom is 0.313 e. The highest BCUT2D eigenvalue weighted by atomic mass is 32.2. The number of hydrogen-bond acceptors (Lipinski definition) is 5. The molecule has 0 aliphatic carbocycles. The average Bonchev–Trinajstić information content (AvgIpc) is 2.93. The summed E-state index contributed by atoms with van der Waals surface area (Å²) in [4.78, 5) is 25.1. The minimum absolute atomic E-state index is 0.0942. The van der Waals surface area contributed by atoms with Crippen LogP contribution in [0.2, 0.25) is 0 Å². The molecule has 2 rings (SSSR count). The zero-order valence-corrected chi connectivity index (χ0v) is 16.0. The Morgan fingerprint density at radius 1 is 1.27 bits per heavy atom. The summed E-state index contributed by atoms with van der Waals surface area (Å²) < 4.78 is 30.6. The Bertz CT molecular complexity index is 779. The fraction of sp³-hybridized carbons (Fsp3) is 0.500. The minimum Gasteiger partial charge on any atom is -0.495 e. The van der Waals surface area contributed by atoms with E-state index in [0.717, 1.165) is 4.90 Å². The molecule has 1 aliphatic heterocycles. The lowest BCUT2D eigenvalue weighted by atomic mass is 10.2. The first-order valence-corrected chi connectivity index (χ1v) is 9.92. The molecule has 9 nitrogen and oxygen atoms in total. The van der Waals surface area contributed by atoms with E-state index in [0.29, 0.717) is 37.5 Å². The zero-order chi connectivity index (χ0) is 19.3. The molecule has 1 heterocycles. The number of ether oxygens (including phenoxy) is 1. The molecular formula is C16H25N4O5S+. The Morgan fingerprint density at radius 3 is 2.58 bits per heavy atom. The van der Waals surface area contributed by atoms with Crippen LogP contribution >= 0.6 is 0 Å². The van der Waals surface area contributed by atoms with Crippen molar-refractivity contribution in [1.82, 2.24) is 5.32 Å². The molecule has 1 aromatic rings. The van der Waals surface area contributed by atoms with E-state index in [4.69, 9.17) is 4.74 Å². The van der Waals surface area contributed by atoms with Gasteiger partial charge in [0, 0.05) is 6.54 Å². The number of carbonyl (C=O) groups excluding carboxylic acids is 2. The first kappa shape index (κ1) is 20.0. The predicted octanol–water partition coefficient (Wildman–Crippen LogP) is -1.57. The van der Waals surface area contributed by atoms with Crippen molar-refractivity contribution in [3.63, 3.8) is 0 Å². The Kier molecular flexibility index (Phi) is 6.43. The van der Waals surface area contributed by atoms with Crippen LogP contribution < -0.4 is 24.6 Å². The Morgan fingerprint density at radius 2 is 2.00 bits per heavy atom. The molecule has 0 atom stereocenters. The fourth-order valence-corrected chi connectivity index (χ4v) is 4.12. The highest BCUT2D eigenvalue weighted by Crippen LogP contribution is 2.32. The number of nitrogens with zero attached hydrogens (tertiary/aromatic N) is 1. The lowest BCUT2D eigenvalue weighted by Gasteiger charge is -2.19. The molecule has 0 aromatic heterocycles. The molecule has 1 aliphatic rings. The van der Waals surface area contributed by atoms with Crippen LogP contribution in [0.4, 0.5) is 11.4 Å². The molecule has 0 bridgehead atoms. The third-order valence-corrected chi connectivity index (χ3v) is 5.80. The smallest absolute Gasteiger partial charge is 0.313 e. The zero-order valence-electron chi connectivity index (χ0n) is 15.2. The maximum absolute atomic E-state index is 12.1. The van der Waals surface area contributed by atoms with E-state index >= 15 is 0 Å². The van der Waals surface area contributed by atoms with Crippen LogP contribution in [0.25, 0.3) is 0 Å². The van der Waals surface area contributed by atoms with Gasteiger partial charge in [-0.2, -0.15) is 0 Å². The quantitative estimate of drug-likeness (QED) is 0.513. The Balaban J connectivity index is 2.13. The molecule has 1 saturated heterocycles. The summed E-state index contributed by atoms with van der Waals surface area (Å²) in [5, 5.41) is 5.02. The van der Waals surface area contributed by atoms with Crippen LogP contribution in [0.3, 0.4) is 0 Å². The van der Waals surface area contributed by atoms with Gasteiger partial charge in [0.15, 0.2) is 0 Å². The van der Waals surface area contributed by atoms with Crippen LogP contribution in [-0.4, -0.2) is 66.8 Å². The molecule has 1 aromatic carbocycles. The van der Waals surface area contributed by atoms with Gasteiger partial charge in [-0.3, -0.25) is 13.9 Å². The standard InChI is InChI=1S/C16H24N4O5S/c1-19(2)9-7-17-15(21)16(22)18-13-11-12(5-6-14(13)25-3)20-8-4-10-26(20,23)24/h5-6,11H,4,7-10H2,1-3H3,(H,17,21)(H,18,22)/p+1. The number of hydrogen-bond donors (Lipinski definition) is 3. The lowest BCUT2D eigenvalue weighted by molar-refractivity contribution is -0.856. The van der Waals surface area contributed by atoms with Gasteiger partial charge in [0.2, 0.25) is 10.0 Å². The highest BCUT2D eigenvalue weighted by Gasteiger charge is 2.29. The van der Waals surface area contributed by atoms with E-state index in [2.05, 4.69) is 10.6 Å². The van der Waals surface area contributed by atoms with E-state index in [1.54, 1.807) is 12.1 Å². The monoisotopic (exact) mass is 385 g/mol. The first-order valence-electron chi connectivity index (χ1n) is 8.31. The third-order valence-electron chi connectivity index (χ3n) is 3.94. The molecule has 2 amide bonds. The van der Waals surface area contributed by atoms with E-state index in [-0.39, 0.29) is 11.4 Å². The second kappa shape index (κ2) is 8.37. The highest BCUT2D eigenvalue weighted by molar-refractivity contribution is 7.93. The van der Waals surface area contributed by atoms with Crippen LogP contribution in [-0.2, 0) is 19.6 Å². The van der Waals surface area contributed by atoms with Crippen LogP contribution in [0.15, 0.2) is 18.2 Å². The summed E-state index contributed by atoms with van der Waals surface area (Å²) in [5.74, 6) is -1.16. The van der Waals surface area contributed by atoms with Crippen LogP contribution in [0.1, 0.15) is 6.42 Å². The largest absolute Gasteiger partial charge is 0.495 e. The van der Waals surface area contributed by atoms with Crippen molar-refractivity contribution in [3.8, 4) is 5.75 Å². The summed E-state index contributed by atoms with van der Waals surface area (Å²) in [6.45, 7) is 1.44. The number of carbonyl (C=O) groups is 2. The number of likely N-dealkylation sites (N-methyl/N-ethyl adjacent to an activating group) is 1. The van der Waals surface area contributed by atoms with E-state index in [1.807, 2.05) is 14.1 Å². The molecule has 0 radical (unpaired) electrons. The molecule has 144 valence electrons.